The maximum Gasteiger partial charge on any atom is 0.0906 e. The molecular weight excluding hydrogens is 145 g/mol. The zero-order valence-corrected chi connectivity index (χ0v) is 6.80. The van der Waals surface area contributed by atoms with Gasteiger partial charge in [-0.25, -0.2) is 0 Å². The highest BCUT2D eigenvalue weighted by Gasteiger charge is 2.16. The van der Waals surface area contributed by atoms with Crippen LogP contribution in [0.3, 0.4) is 0 Å². The molecule has 0 amide bonds. The smallest absolute Gasteiger partial charge is 0.0906 e. The number of piperidine rings is 1. The van der Waals surface area contributed by atoms with E-state index >= 15 is 0 Å². The quantitative estimate of drug-likeness (QED) is 0.662. The number of nitrogens with zero attached hydrogens (tertiary/aromatic N) is 1. The second-order valence-corrected chi connectivity index (χ2v) is 3.14. The maximum absolute atomic E-state index is 11.8. The van der Waals surface area contributed by atoms with Crippen molar-refractivity contribution in [1.29, 1.82) is 0 Å². The van der Waals surface area contributed by atoms with Gasteiger partial charge < -0.3 is 10.0 Å². The Balaban J connectivity index is 2.12. The number of aliphatic hydroxyl groups excluding tert-OH is 1. The van der Waals surface area contributed by atoms with E-state index in [1.54, 1.807) is 0 Å². The molecule has 0 aromatic heterocycles. The molecule has 1 rings (SSSR count). The van der Waals surface area contributed by atoms with Crippen LogP contribution in [-0.2, 0) is 0 Å². The lowest BCUT2D eigenvalue weighted by atomic mass is 10.1. The lowest BCUT2D eigenvalue weighted by Crippen LogP contribution is -2.38. The number of β-amino-alcohol motifs (C(OH)–C–C–N with tert-alkyl or cyclic N) is 1. The van der Waals surface area contributed by atoms with Crippen molar-refractivity contribution in [2.45, 2.75) is 25.4 Å². The first-order valence-corrected chi connectivity index (χ1v) is 4.29. The molecule has 1 unspecified atom stereocenters. The van der Waals surface area contributed by atoms with Crippen molar-refractivity contribution < 1.29 is 9.50 Å². The summed E-state index contributed by atoms with van der Waals surface area (Å²) in [6, 6.07) is 0. The van der Waals surface area contributed by atoms with Gasteiger partial charge in [0.1, 0.15) is 0 Å². The van der Waals surface area contributed by atoms with E-state index in [2.05, 4.69) is 4.90 Å². The highest BCUT2D eigenvalue weighted by Crippen LogP contribution is 2.09. The van der Waals surface area contributed by atoms with Crippen molar-refractivity contribution in [1.82, 2.24) is 4.90 Å². The van der Waals surface area contributed by atoms with Crippen molar-refractivity contribution in [3.05, 3.63) is 0 Å². The Kier molecular flexibility index (Phi) is 3.80. The third-order valence-electron chi connectivity index (χ3n) is 2.09. The van der Waals surface area contributed by atoms with Gasteiger partial charge in [0.2, 0.25) is 0 Å². The van der Waals surface area contributed by atoms with Gasteiger partial charge in [0.25, 0.3) is 0 Å². The summed E-state index contributed by atoms with van der Waals surface area (Å²) in [6.45, 7) is 2.32. The first-order chi connectivity index (χ1) is 5.33. The molecule has 0 radical (unpaired) electrons. The van der Waals surface area contributed by atoms with Crippen LogP contribution in [-0.4, -0.2) is 42.4 Å². The van der Waals surface area contributed by atoms with Gasteiger partial charge in [0.05, 0.1) is 12.8 Å². The molecule has 66 valence electrons. The maximum atomic E-state index is 11.8. The van der Waals surface area contributed by atoms with Gasteiger partial charge in [-0.05, 0) is 25.8 Å². The summed E-state index contributed by atoms with van der Waals surface area (Å²) >= 11 is 0. The van der Waals surface area contributed by atoms with E-state index in [1.807, 2.05) is 0 Å². The summed E-state index contributed by atoms with van der Waals surface area (Å²) < 4.78 is 11.8. The highest BCUT2D eigenvalue weighted by atomic mass is 19.1. The highest BCUT2D eigenvalue weighted by molar-refractivity contribution is 4.71. The van der Waals surface area contributed by atoms with Gasteiger partial charge >= 0.3 is 0 Å². The molecule has 0 spiro atoms. The molecule has 1 atom stereocenters. The second-order valence-electron chi connectivity index (χ2n) is 3.14. The normalized spacial score (nSPS) is 27.3. The Morgan fingerprint density at radius 3 is 3.00 bits per heavy atom. The predicted molar refractivity (Wildman–Crippen MR) is 42.3 cm³/mol. The molecule has 1 aliphatic heterocycles. The van der Waals surface area contributed by atoms with Gasteiger partial charge in [0, 0.05) is 13.1 Å². The molecule has 11 heavy (non-hydrogen) atoms. The van der Waals surface area contributed by atoms with Crippen molar-refractivity contribution in [2.75, 3.05) is 26.3 Å². The molecule has 3 heteroatoms. The molecule has 1 heterocycles. The molecule has 0 saturated carbocycles. The lowest BCUT2D eigenvalue weighted by Gasteiger charge is -2.29. The largest absolute Gasteiger partial charge is 0.392 e. The van der Waals surface area contributed by atoms with E-state index < -0.39 is 0 Å². The number of alkyl halides is 1. The number of likely N-dealkylation sites (tertiary alicyclic amines) is 1. The molecular formula is C8H16FNO. The van der Waals surface area contributed by atoms with E-state index in [0.717, 1.165) is 32.5 Å². The van der Waals surface area contributed by atoms with Crippen LogP contribution in [0.1, 0.15) is 19.3 Å². The molecule has 0 aromatic carbocycles. The molecule has 0 bridgehead atoms. The Bertz CT molecular complexity index is 110. The van der Waals surface area contributed by atoms with Crippen molar-refractivity contribution in [2.24, 2.45) is 0 Å². The summed E-state index contributed by atoms with van der Waals surface area (Å²) in [7, 11) is 0. The van der Waals surface area contributed by atoms with Gasteiger partial charge in [-0.3, -0.25) is 4.39 Å². The number of rotatable bonds is 3. The molecule has 1 N–H and O–H groups in total. The summed E-state index contributed by atoms with van der Waals surface area (Å²) in [5.74, 6) is 0. The third kappa shape index (κ3) is 3.16. The molecule has 1 fully saturated rings. The monoisotopic (exact) mass is 161 g/mol. The molecule has 1 saturated heterocycles. The molecule has 2 nitrogen and oxygen atoms in total. The number of hydrogen-bond acceptors (Lipinski definition) is 2. The topological polar surface area (TPSA) is 23.5 Å². The Morgan fingerprint density at radius 2 is 2.36 bits per heavy atom. The zero-order valence-electron chi connectivity index (χ0n) is 6.80. The van der Waals surface area contributed by atoms with E-state index in [4.69, 9.17) is 0 Å². The fraction of sp³-hybridized carbons (Fsp3) is 1.00. The van der Waals surface area contributed by atoms with Gasteiger partial charge in [-0.15, -0.1) is 0 Å². The van der Waals surface area contributed by atoms with Crippen LogP contribution < -0.4 is 0 Å². The fourth-order valence-corrected chi connectivity index (χ4v) is 1.52. The van der Waals surface area contributed by atoms with Crippen LogP contribution in [0, 0.1) is 0 Å². The van der Waals surface area contributed by atoms with Crippen LogP contribution in [0.5, 0.6) is 0 Å². The Morgan fingerprint density at radius 1 is 1.55 bits per heavy atom. The van der Waals surface area contributed by atoms with Crippen LogP contribution >= 0.6 is 0 Å². The average molecular weight is 161 g/mol. The molecule has 1 aliphatic rings. The minimum Gasteiger partial charge on any atom is -0.392 e. The lowest BCUT2D eigenvalue weighted by molar-refractivity contribution is 0.0691. The van der Waals surface area contributed by atoms with Crippen LogP contribution in [0.25, 0.3) is 0 Å². The van der Waals surface area contributed by atoms with Gasteiger partial charge in [-0.1, -0.05) is 0 Å². The van der Waals surface area contributed by atoms with E-state index in [0.29, 0.717) is 6.42 Å². The fourth-order valence-electron chi connectivity index (χ4n) is 1.52. The first kappa shape index (κ1) is 8.94. The van der Waals surface area contributed by atoms with E-state index in [9.17, 15) is 9.50 Å². The minimum absolute atomic E-state index is 0.177. The van der Waals surface area contributed by atoms with Crippen molar-refractivity contribution >= 4 is 0 Å². The zero-order chi connectivity index (χ0) is 8.10. The summed E-state index contributed by atoms with van der Waals surface area (Å²) in [6.07, 6.45) is 2.38. The van der Waals surface area contributed by atoms with Gasteiger partial charge in [0.15, 0.2) is 0 Å². The van der Waals surface area contributed by atoms with Crippen molar-refractivity contribution in [3.8, 4) is 0 Å². The van der Waals surface area contributed by atoms with Gasteiger partial charge in [-0.2, -0.15) is 0 Å². The molecule has 0 aromatic rings. The standard InChI is InChI=1S/C8H16FNO/c9-4-2-6-10-5-1-3-8(11)7-10/h8,11H,1-7H2. The van der Waals surface area contributed by atoms with Crippen LogP contribution in [0.15, 0.2) is 0 Å². The summed E-state index contributed by atoms with van der Waals surface area (Å²) in [5.41, 5.74) is 0. The summed E-state index contributed by atoms with van der Waals surface area (Å²) in [4.78, 5) is 2.13. The third-order valence-corrected chi connectivity index (χ3v) is 2.09. The Hall–Kier alpha value is -0.150. The second kappa shape index (κ2) is 4.67. The van der Waals surface area contributed by atoms with E-state index in [-0.39, 0.29) is 12.8 Å². The number of aliphatic hydroxyl groups is 1. The predicted octanol–water partition coefficient (Wildman–Crippen LogP) is 0.803. The molecule has 0 aliphatic carbocycles. The average Bonchev–Trinajstić information content (AvgIpc) is 2.01. The SMILES string of the molecule is OC1CCCN(CCCF)C1. The Labute approximate surface area is 67.0 Å². The first-order valence-electron chi connectivity index (χ1n) is 4.29. The van der Waals surface area contributed by atoms with E-state index in [1.165, 1.54) is 0 Å². The minimum atomic E-state index is -0.243. The van der Waals surface area contributed by atoms with Crippen LogP contribution in [0.4, 0.5) is 4.39 Å². The van der Waals surface area contributed by atoms with Crippen LogP contribution in [0.2, 0.25) is 0 Å². The van der Waals surface area contributed by atoms with Crippen molar-refractivity contribution in [3.63, 3.8) is 0 Å². The number of halogens is 1. The number of hydrogen-bond donors (Lipinski definition) is 1. The summed E-state index contributed by atoms with van der Waals surface area (Å²) in [5, 5.41) is 9.24.